The van der Waals surface area contributed by atoms with Crippen molar-refractivity contribution in [3.05, 3.63) is 198 Å². The van der Waals surface area contributed by atoms with Crippen molar-refractivity contribution < 1.29 is 4.42 Å². The van der Waals surface area contributed by atoms with E-state index in [1.165, 1.54) is 95.7 Å². The third kappa shape index (κ3) is 4.50. The van der Waals surface area contributed by atoms with Gasteiger partial charge in [0, 0.05) is 64.1 Å². The van der Waals surface area contributed by atoms with E-state index in [4.69, 9.17) is 4.42 Å². The first-order valence-electron chi connectivity index (χ1n) is 20.5. The Balaban J connectivity index is 1.01. The van der Waals surface area contributed by atoms with Gasteiger partial charge in [0.2, 0.25) is 0 Å². The summed E-state index contributed by atoms with van der Waals surface area (Å²) in [4.78, 5) is 2.62. The maximum absolute atomic E-state index is 6.89. The Bertz CT molecular complexity index is 3840. The van der Waals surface area contributed by atoms with E-state index in [1.54, 1.807) is 0 Å². The third-order valence-corrected chi connectivity index (χ3v) is 15.3. The molecule has 2 N–H and O–H groups in total. The Hall–Kier alpha value is -6.83. The summed E-state index contributed by atoms with van der Waals surface area (Å²) in [7, 11) is 0. The highest BCUT2D eigenvalue weighted by Crippen LogP contribution is 2.53. The predicted molar refractivity (Wildman–Crippen MR) is 253 cm³/mol. The molecule has 0 fully saturated rings. The van der Waals surface area contributed by atoms with E-state index >= 15 is 0 Å². The topological polar surface area (TPSA) is 42.1 Å². The molecule has 0 radical (unpaired) electrons. The first-order valence-corrected chi connectivity index (χ1v) is 22.1. The van der Waals surface area contributed by atoms with Gasteiger partial charge in [0.15, 0.2) is 0 Å². The first-order chi connectivity index (χ1) is 29.8. The van der Waals surface area contributed by atoms with Crippen molar-refractivity contribution in [1.82, 2.24) is 15.2 Å². The molecular formula is C54H33N3OS2. The number of aromatic nitrogens is 1. The van der Waals surface area contributed by atoms with Crippen molar-refractivity contribution in [2.24, 2.45) is 0 Å². The van der Waals surface area contributed by atoms with E-state index in [1.807, 2.05) is 23.1 Å². The lowest BCUT2D eigenvalue weighted by atomic mass is 9.96. The zero-order valence-corrected chi connectivity index (χ0v) is 33.7. The molecule has 2 aliphatic heterocycles. The second-order valence-electron chi connectivity index (χ2n) is 16.0. The number of rotatable bonds is 3. The van der Waals surface area contributed by atoms with Crippen LogP contribution >= 0.6 is 23.1 Å². The number of nitrogens with one attached hydrogen (secondary N) is 2. The van der Waals surface area contributed by atoms with E-state index in [9.17, 15) is 0 Å². The van der Waals surface area contributed by atoms with Crippen LogP contribution in [0.1, 0.15) is 28.9 Å². The second kappa shape index (κ2) is 12.4. The number of furan rings is 1. The van der Waals surface area contributed by atoms with Gasteiger partial charge in [-0.05, 0) is 69.1 Å². The normalized spacial score (nSPS) is 16.6. The van der Waals surface area contributed by atoms with Crippen LogP contribution in [-0.4, -0.2) is 4.57 Å². The van der Waals surface area contributed by atoms with E-state index in [0.717, 1.165) is 27.6 Å². The Morgan fingerprint density at radius 3 is 2.18 bits per heavy atom. The average molecular weight is 804 g/mol. The molecular weight excluding hydrogens is 771 g/mol. The summed E-state index contributed by atoms with van der Waals surface area (Å²) in [5.41, 5.74) is 10.1. The van der Waals surface area contributed by atoms with Gasteiger partial charge in [0.05, 0.1) is 27.5 Å². The van der Waals surface area contributed by atoms with E-state index in [2.05, 4.69) is 191 Å². The molecule has 3 aromatic heterocycles. The molecule has 14 rings (SSSR count). The largest absolute Gasteiger partial charge is 0.456 e. The monoisotopic (exact) mass is 803 g/mol. The van der Waals surface area contributed by atoms with E-state index < -0.39 is 0 Å². The zero-order chi connectivity index (χ0) is 39.1. The van der Waals surface area contributed by atoms with Crippen LogP contribution in [0.25, 0.3) is 96.8 Å². The van der Waals surface area contributed by atoms with Crippen molar-refractivity contribution in [3.63, 3.8) is 0 Å². The van der Waals surface area contributed by atoms with E-state index in [0.29, 0.717) is 0 Å². The fourth-order valence-corrected chi connectivity index (χ4v) is 12.9. The first kappa shape index (κ1) is 33.1. The van der Waals surface area contributed by atoms with Gasteiger partial charge >= 0.3 is 0 Å². The lowest BCUT2D eigenvalue weighted by molar-refractivity contribution is 0.441. The molecule has 2 atom stereocenters. The quantitative estimate of drug-likeness (QED) is 0.187. The molecule has 282 valence electrons. The zero-order valence-electron chi connectivity index (χ0n) is 32.1. The lowest BCUT2D eigenvalue weighted by Crippen LogP contribution is -2.40. The summed E-state index contributed by atoms with van der Waals surface area (Å²) in [6.45, 7) is 0. The standard InChI is InChI=1S/C54H33N3OS2/c1-2-14-31(15-3-1)49-53-50(38-20-9-11-24-44(38)60-53)56-54(55-49)39-21-12-22-41-45(39)36-27-26-32(29-42(36)58-41)57-40-28-25-30-13-4-5-16-33(30)47(40)48-35-18-7-6-17-34(35)46-37-19-8-10-23-43(37)59-52(46)51(48)57/h1-29,50,54-56H. The smallest absolute Gasteiger partial charge is 0.137 e. The van der Waals surface area contributed by atoms with Crippen molar-refractivity contribution in [2.75, 3.05) is 0 Å². The average Bonchev–Trinajstić information content (AvgIpc) is 4.08. The fraction of sp³-hybridized carbons (Fsp3) is 0.0370. The molecule has 0 saturated heterocycles. The third-order valence-electron chi connectivity index (χ3n) is 12.9. The molecule has 0 spiro atoms. The van der Waals surface area contributed by atoms with Crippen molar-refractivity contribution in [3.8, 4) is 5.69 Å². The van der Waals surface area contributed by atoms with Crippen molar-refractivity contribution in [1.29, 1.82) is 0 Å². The maximum Gasteiger partial charge on any atom is 0.137 e. The summed E-state index contributed by atoms with van der Waals surface area (Å²) in [6, 6.07) is 64.3. The molecule has 60 heavy (non-hydrogen) atoms. The van der Waals surface area contributed by atoms with Crippen LogP contribution in [0.15, 0.2) is 190 Å². The molecule has 0 amide bonds. The van der Waals surface area contributed by atoms with Crippen LogP contribution in [0, 0.1) is 0 Å². The summed E-state index contributed by atoms with van der Waals surface area (Å²) in [5.74, 6) is 0. The number of thioether (sulfide) groups is 1. The Labute approximate surface area is 352 Å². The lowest BCUT2D eigenvalue weighted by Gasteiger charge is -2.34. The van der Waals surface area contributed by atoms with Crippen LogP contribution in [0.4, 0.5) is 0 Å². The molecule has 6 heteroatoms. The second-order valence-corrected chi connectivity index (χ2v) is 18.1. The van der Waals surface area contributed by atoms with Crippen LogP contribution in [0.3, 0.4) is 0 Å². The highest BCUT2D eigenvalue weighted by atomic mass is 32.2. The maximum atomic E-state index is 6.89. The Morgan fingerprint density at radius 2 is 1.28 bits per heavy atom. The van der Waals surface area contributed by atoms with Gasteiger partial charge in [-0.3, -0.25) is 5.32 Å². The highest BCUT2D eigenvalue weighted by Gasteiger charge is 2.38. The van der Waals surface area contributed by atoms with Gasteiger partial charge in [-0.15, -0.1) is 11.3 Å². The molecule has 12 aromatic rings. The Morgan fingerprint density at radius 1 is 0.533 bits per heavy atom. The van der Waals surface area contributed by atoms with Gasteiger partial charge in [-0.1, -0.05) is 145 Å². The van der Waals surface area contributed by atoms with Crippen LogP contribution in [0.2, 0.25) is 0 Å². The minimum absolute atomic E-state index is 0.0841. The van der Waals surface area contributed by atoms with Gasteiger partial charge in [-0.25, -0.2) is 0 Å². The molecule has 0 saturated carbocycles. The van der Waals surface area contributed by atoms with Crippen LogP contribution < -0.4 is 10.6 Å². The summed E-state index contributed by atoms with van der Waals surface area (Å²) in [5, 5.41) is 20.5. The number of benzene rings is 9. The molecule has 5 heterocycles. The van der Waals surface area contributed by atoms with E-state index in [-0.39, 0.29) is 12.2 Å². The predicted octanol–water partition coefficient (Wildman–Crippen LogP) is 14.8. The minimum atomic E-state index is -0.148. The van der Waals surface area contributed by atoms with Gasteiger partial charge in [-0.2, -0.15) is 0 Å². The number of fused-ring (bicyclic) bond motifs is 18. The minimum Gasteiger partial charge on any atom is -0.456 e. The number of nitrogens with zero attached hydrogens (tertiary/aromatic N) is 1. The van der Waals surface area contributed by atoms with Gasteiger partial charge in [0.25, 0.3) is 0 Å². The van der Waals surface area contributed by atoms with Crippen LogP contribution in [0.5, 0.6) is 0 Å². The number of hydrogen-bond acceptors (Lipinski definition) is 5. The number of hydrogen-bond donors (Lipinski definition) is 2. The van der Waals surface area contributed by atoms with Gasteiger partial charge < -0.3 is 14.3 Å². The molecule has 2 unspecified atom stereocenters. The SMILES string of the molecule is c1ccc(C2=C3Sc4ccccc4C3NC(c3cccc4oc5cc(-n6c7ccc8ccccc8c7c7c8ccccc8c8c9ccccc9sc8c76)ccc5c34)N2)cc1. The molecule has 2 aliphatic rings. The number of thiophene rings is 1. The molecule has 0 aliphatic carbocycles. The summed E-state index contributed by atoms with van der Waals surface area (Å²) >= 11 is 3.76. The molecule has 9 aromatic carbocycles. The molecule has 4 nitrogen and oxygen atoms in total. The Kier molecular flexibility index (Phi) is 6.80. The highest BCUT2D eigenvalue weighted by molar-refractivity contribution is 8.03. The summed E-state index contributed by atoms with van der Waals surface area (Å²) in [6.07, 6.45) is -0.148. The van der Waals surface area contributed by atoms with Gasteiger partial charge in [0.1, 0.15) is 17.3 Å². The molecule has 0 bridgehead atoms. The van der Waals surface area contributed by atoms with Crippen LogP contribution in [-0.2, 0) is 0 Å². The fourth-order valence-electron chi connectivity index (χ4n) is 10.3. The summed E-state index contributed by atoms with van der Waals surface area (Å²) < 4.78 is 12.0. The van der Waals surface area contributed by atoms with Crippen molar-refractivity contribution >= 4 is 114 Å². The van der Waals surface area contributed by atoms with Crippen molar-refractivity contribution in [2.45, 2.75) is 17.1 Å².